The van der Waals surface area contributed by atoms with Gasteiger partial charge in [-0.1, -0.05) is 25.4 Å². The third-order valence-electron chi connectivity index (χ3n) is 3.40. The van der Waals surface area contributed by atoms with Crippen LogP contribution < -0.4 is 11.1 Å². The average Bonchev–Trinajstić information content (AvgIpc) is 2.93. The quantitative estimate of drug-likeness (QED) is 0.889. The fourth-order valence-corrected chi connectivity index (χ4v) is 2.36. The number of carbonyl (C=O) groups excluding carboxylic acids is 1. The fraction of sp³-hybridized carbons (Fsp3) is 0.375. The topological polar surface area (TPSA) is 72.9 Å². The predicted molar refractivity (Wildman–Crippen MR) is 88.6 cm³/mol. The average molecular weight is 321 g/mol. The lowest BCUT2D eigenvalue weighted by Gasteiger charge is -2.15. The lowest BCUT2D eigenvalue weighted by Crippen LogP contribution is -2.38. The van der Waals surface area contributed by atoms with Crippen LogP contribution in [-0.2, 0) is 0 Å². The van der Waals surface area contributed by atoms with Crippen molar-refractivity contribution in [3.05, 3.63) is 46.7 Å². The van der Waals surface area contributed by atoms with Crippen LogP contribution >= 0.6 is 11.6 Å². The molecule has 1 heterocycles. The number of hydrogen-bond acceptors (Lipinski definition) is 3. The van der Waals surface area contributed by atoms with E-state index in [0.29, 0.717) is 17.1 Å². The Hall–Kier alpha value is -1.85. The number of nitrogens with one attached hydrogen (secondary N) is 1. The monoisotopic (exact) mass is 320 g/mol. The maximum Gasteiger partial charge on any atom is 0.255 e. The summed E-state index contributed by atoms with van der Waals surface area (Å²) in [5.74, 6) is -0.00558. The van der Waals surface area contributed by atoms with Crippen LogP contribution in [0, 0.1) is 0 Å². The molecule has 0 saturated carbocycles. The summed E-state index contributed by atoms with van der Waals surface area (Å²) in [6, 6.07) is 7.29. The van der Waals surface area contributed by atoms with E-state index in [9.17, 15) is 4.79 Å². The van der Waals surface area contributed by atoms with Crippen molar-refractivity contribution in [3.8, 4) is 5.69 Å². The van der Waals surface area contributed by atoms with Gasteiger partial charge in [-0.25, -0.2) is 4.68 Å². The summed E-state index contributed by atoms with van der Waals surface area (Å²) in [6.45, 7) is 6.34. The van der Waals surface area contributed by atoms with Gasteiger partial charge in [0, 0.05) is 17.6 Å². The molecule has 2 aromatic rings. The van der Waals surface area contributed by atoms with Crippen LogP contribution in [-0.4, -0.2) is 28.3 Å². The zero-order valence-electron chi connectivity index (χ0n) is 13.0. The Labute approximate surface area is 135 Å². The van der Waals surface area contributed by atoms with E-state index < -0.39 is 0 Å². The number of amides is 1. The number of rotatable bonds is 5. The molecule has 0 aliphatic heterocycles. The van der Waals surface area contributed by atoms with E-state index in [1.807, 2.05) is 32.9 Å². The third-order valence-corrected chi connectivity index (χ3v) is 3.65. The summed E-state index contributed by atoms with van der Waals surface area (Å²) in [6.07, 6.45) is 1.60. The summed E-state index contributed by atoms with van der Waals surface area (Å²) in [5.41, 5.74) is 7.87. The van der Waals surface area contributed by atoms with E-state index in [4.69, 9.17) is 17.3 Å². The second kappa shape index (κ2) is 6.94. The minimum Gasteiger partial charge on any atom is -0.348 e. The van der Waals surface area contributed by atoms with Gasteiger partial charge < -0.3 is 11.1 Å². The molecule has 0 radical (unpaired) electrons. The van der Waals surface area contributed by atoms with E-state index in [2.05, 4.69) is 10.4 Å². The predicted octanol–water partition coefficient (Wildman–Crippen LogP) is 2.73. The molecule has 0 saturated heterocycles. The second-order valence-electron chi connectivity index (χ2n) is 5.60. The molecule has 1 aromatic carbocycles. The van der Waals surface area contributed by atoms with Crippen LogP contribution in [0.4, 0.5) is 0 Å². The van der Waals surface area contributed by atoms with Gasteiger partial charge in [0.1, 0.15) is 0 Å². The molecule has 0 unspecified atom stereocenters. The van der Waals surface area contributed by atoms with Crippen molar-refractivity contribution in [3.63, 3.8) is 0 Å². The Bertz CT molecular complexity index is 649. The number of carbonyl (C=O) groups is 1. The van der Waals surface area contributed by atoms with Gasteiger partial charge in [-0.15, -0.1) is 0 Å². The summed E-state index contributed by atoms with van der Waals surface area (Å²) >= 11 is 5.92. The zero-order chi connectivity index (χ0) is 16.3. The number of aromatic nitrogens is 2. The number of hydrogen-bond donors (Lipinski definition) is 2. The van der Waals surface area contributed by atoms with Crippen molar-refractivity contribution in [2.45, 2.75) is 32.7 Å². The Morgan fingerprint density at radius 3 is 2.50 bits per heavy atom. The van der Waals surface area contributed by atoms with Crippen molar-refractivity contribution in [2.24, 2.45) is 5.73 Å². The molecule has 22 heavy (non-hydrogen) atoms. The summed E-state index contributed by atoms with van der Waals surface area (Å²) in [4.78, 5) is 12.4. The fourth-order valence-electron chi connectivity index (χ4n) is 2.24. The Balaban J connectivity index is 2.41. The van der Waals surface area contributed by atoms with E-state index in [1.54, 1.807) is 23.0 Å². The van der Waals surface area contributed by atoms with E-state index in [-0.39, 0.29) is 17.9 Å². The molecule has 1 amide bonds. The molecule has 0 fully saturated rings. The SMILES string of the molecule is CC(C)c1c(C(=O)N[C@@H](C)CN)cnn1-c1ccc(Cl)cc1. The lowest BCUT2D eigenvalue weighted by atomic mass is 10.0. The minimum atomic E-state index is -0.151. The molecule has 0 aliphatic carbocycles. The maximum atomic E-state index is 12.4. The van der Waals surface area contributed by atoms with Gasteiger partial charge >= 0.3 is 0 Å². The van der Waals surface area contributed by atoms with Gasteiger partial charge in [0.2, 0.25) is 0 Å². The van der Waals surface area contributed by atoms with Gasteiger partial charge in [-0.05, 0) is 37.1 Å². The highest BCUT2D eigenvalue weighted by molar-refractivity contribution is 6.30. The van der Waals surface area contributed by atoms with Gasteiger partial charge in [0.05, 0.1) is 23.1 Å². The van der Waals surface area contributed by atoms with Gasteiger partial charge in [0.25, 0.3) is 5.91 Å². The first-order valence-corrected chi connectivity index (χ1v) is 7.66. The first kappa shape index (κ1) is 16.5. The van der Waals surface area contributed by atoms with E-state index >= 15 is 0 Å². The number of nitrogens with two attached hydrogens (primary N) is 1. The van der Waals surface area contributed by atoms with Crippen LogP contribution in [0.15, 0.2) is 30.5 Å². The van der Waals surface area contributed by atoms with Crippen LogP contribution in [0.1, 0.15) is 42.7 Å². The number of benzene rings is 1. The smallest absolute Gasteiger partial charge is 0.255 e. The normalized spacial score (nSPS) is 12.5. The highest BCUT2D eigenvalue weighted by Gasteiger charge is 2.21. The van der Waals surface area contributed by atoms with Crippen molar-refractivity contribution >= 4 is 17.5 Å². The minimum absolute atomic E-state index is 0.0774. The summed E-state index contributed by atoms with van der Waals surface area (Å²) < 4.78 is 1.78. The first-order valence-electron chi connectivity index (χ1n) is 7.28. The van der Waals surface area contributed by atoms with Crippen LogP contribution in [0.2, 0.25) is 5.02 Å². The molecule has 1 aromatic heterocycles. The summed E-state index contributed by atoms with van der Waals surface area (Å²) in [7, 11) is 0. The van der Waals surface area contributed by atoms with Crippen molar-refractivity contribution < 1.29 is 4.79 Å². The van der Waals surface area contributed by atoms with E-state index in [1.165, 1.54) is 0 Å². The molecular formula is C16H21ClN4O. The standard InChI is InChI=1S/C16H21ClN4O/c1-10(2)15-14(16(22)20-11(3)8-18)9-19-21(15)13-6-4-12(17)5-7-13/h4-7,9-11H,8,18H2,1-3H3,(H,20,22)/t11-/m0/s1. The van der Waals surface area contributed by atoms with Crippen molar-refractivity contribution in [2.75, 3.05) is 6.54 Å². The van der Waals surface area contributed by atoms with Gasteiger partial charge in [0.15, 0.2) is 0 Å². The molecule has 0 bridgehead atoms. The largest absolute Gasteiger partial charge is 0.348 e. The lowest BCUT2D eigenvalue weighted by molar-refractivity contribution is 0.0940. The maximum absolute atomic E-state index is 12.4. The first-order chi connectivity index (χ1) is 10.4. The molecule has 1 atom stereocenters. The molecule has 3 N–H and O–H groups in total. The van der Waals surface area contributed by atoms with Crippen LogP contribution in [0.5, 0.6) is 0 Å². The van der Waals surface area contributed by atoms with Crippen LogP contribution in [0.25, 0.3) is 5.69 Å². The molecule has 5 nitrogen and oxygen atoms in total. The second-order valence-corrected chi connectivity index (χ2v) is 6.03. The van der Waals surface area contributed by atoms with Gasteiger partial charge in [-0.2, -0.15) is 5.10 Å². The summed E-state index contributed by atoms with van der Waals surface area (Å²) in [5, 5.41) is 7.91. The third kappa shape index (κ3) is 3.48. The zero-order valence-corrected chi connectivity index (χ0v) is 13.8. The molecule has 118 valence electrons. The van der Waals surface area contributed by atoms with Crippen molar-refractivity contribution in [1.29, 1.82) is 0 Å². The molecule has 0 spiro atoms. The van der Waals surface area contributed by atoms with Gasteiger partial charge in [-0.3, -0.25) is 4.79 Å². The molecule has 2 rings (SSSR count). The number of nitrogens with zero attached hydrogens (tertiary/aromatic N) is 2. The molecular weight excluding hydrogens is 300 g/mol. The Kier molecular flexibility index (Phi) is 5.21. The van der Waals surface area contributed by atoms with Crippen LogP contribution in [0.3, 0.4) is 0 Å². The molecule has 0 aliphatic rings. The van der Waals surface area contributed by atoms with Crippen molar-refractivity contribution in [1.82, 2.24) is 15.1 Å². The highest BCUT2D eigenvalue weighted by atomic mass is 35.5. The molecule has 6 heteroatoms. The number of halogens is 1. The highest BCUT2D eigenvalue weighted by Crippen LogP contribution is 2.24. The van der Waals surface area contributed by atoms with E-state index in [0.717, 1.165) is 11.4 Å². The Morgan fingerprint density at radius 2 is 1.95 bits per heavy atom. The Morgan fingerprint density at radius 1 is 1.32 bits per heavy atom.